The van der Waals surface area contributed by atoms with E-state index in [4.69, 9.17) is 0 Å². The van der Waals surface area contributed by atoms with Crippen molar-refractivity contribution in [2.75, 3.05) is 14.1 Å². The highest BCUT2D eigenvalue weighted by Gasteiger charge is 2.46. The second kappa shape index (κ2) is 8.18. The molecule has 0 aromatic carbocycles. The van der Waals surface area contributed by atoms with Crippen molar-refractivity contribution < 1.29 is 0 Å². The predicted molar refractivity (Wildman–Crippen MR) is 105 cm³/mol. The standard InChI is InChI=1S/C21H40NP/c1-16-14-15-20(17(2)22(3)4)21(16)23(19-12-8-9-13-19)18-10-6-5-7-11-18/h16-21H,5-15H2,1-4H3/t16?,17?,20?,21?,23-/m1/s1. The molecule has 0 bridgehead atoms. The van der Waals surface area contributed by atoms with Crippen LogP contribution in [0.5, 0.6) is 0 Å². The van der Waals surface area contributed by atoms with Crippen LogP contribution in [0, 0.1) is 11.8 Å². The molecule has 5 atom stereocenters. The topological polar surface area (TPSA) is 3.24 Å². The molecule has 3 fully saturated rings. The van der Waals surface area contributed by atoms with Crippen LogP contribution >= 0.6 is 7.92 Å². The largest absolute Gasteiger partial charge is 0.306 e. The van der Waals surface area contributed by atoms with Gasteiger partial charge in [-0.15, -0.1) is 0 Å². The average molecular weight is 338 g/mol. The van der Waals surface area contributed by atoms with Gasteiger partial charge in [0.25, 0.3) is 0 Å². The molecule has 0 radical (unpaired) electrons. The van der Waals surface area contributed by atoms with E-state index >= 15 is 0 Å². The Hall–Kier alpha value is 0.390. The molecule has 0 aromatic rings. The summed E-state index contributed by atoms with van der Waals surface area (Å²) in [5.41, 5.74) is 3.34. The minimum absolute atomic E-state index is 0.256. The Kier molecular flexibility index (Phi) is 6.47. The molecule has 4 unspecified atom stereocenters. The Morgan fingerprint density at radius 3 is 1.83 bits per heavy atom. The van der Waals surface area contributed by atoms with Crippen LogP contribution in [0.25, 0.3) is 0 Å². The van der Waals surface area contributed by atoms with Gasteiger partial charge in [0, 0.05) is 6.04 Å². The third-order valence-electron chi connectivity index (χ3n) is 7.50. The van der Waals surface area contributed by atoms with Crippen LogP contribution in [0.15, 0.2) is 0 Å². The van der Waals surface area contributed by atoms with Crippen molar-refractivity contribution in [1.82, 2.24) is 4.90 Å². The fourth-order valence-corrected chi connectivity index (χ4v) is 11.1. The van der Waals surface area contributed by atoms with Crippen molar-refractivity contribution in [2.45, 2.75) is 107 Å². The first-order chi connectivity index (χ1) is 11.1. The molecule has 134 valence electrons. The molecule has 0 aliphatic heterocycles. The van der Waals surface area contributed by atoms with Gasteiger partial charge in [0.2, 0.25) is 0 Å². The summed E-state index contributed by atoms with van der Waals surface area (Å²) in [7, 11) is 4.87. The zero-order chi connectivity index (χ0) is 16.4. The zero-order valence-corrected chi connectivity index (χ0v) is 17.0. The van der Waals surface area contributed by atoms with Crippen molar-refractivity contribution >= 4 is 7.92 Å². The van der Waals surface area contributed by atoms with E-state index in [9.17, 15) is 0 Å². The van der Waals surface area contributed by atoms with Crippen LogP contribution in [0.3, 0.4) is 0 Å². The van der Waals surface area contributed by atoms with E-state index < -0.39 is 0 Å². The summed E-state index contributed by atoms with van der Waals surface area (Å²) in [6.07, 6.45) is 17.0. The van der Waals surface area contributed by atoms with Gasteiger partial charge in [-0.05, 0) is 88.4 Å². The Bertz CT molecular complexity index is 357. The van der Waals surface area contributed by atoms with Crippen LogP contribution in [0.1, 0.15) is 84.5 Å². The van der Waals surface area contributed by atoms with Gasteiger partial charge in [-0.3, -0.25) is 0 Å². The van der Waals surface area contributed by atoms with Crippen LogP contribution in [-0.2, 0) is 0 Å². The van der Waals surface area contributed by atoms with E-state index in [1.54, 1.807) is 25.7 Å². The first-order valence-corrected chi connectivity index (χ1v) is 12.1. The number of nitrogens with zero attached hydrogens (tertiary/aromatic N) is 1. The van der Waals surface area contributed by atoms with E-state index in [1.165, 1.54) is 44.9 Å². The smallest absolute Gasteiger partial charge is 0.00952 e. The highest BCUT2D eigenvalue weighted by atomic mass is 31.1. The molecule has 3 saturated carbocycles. The molecule has 3 aliphatic carbocycles. The molecule has 3 rings (SSSR count). The fraction of sp³-hybridized carbons (Fsp3) is 1.00. The predicted octanol–water partition coefficient (Wildman–Crippen LogP) is 6.11. The van der Waals surface area contributed by atoms with Crippen molar-refractivity contribution in [1.29, 1.82) is 0 Å². The van der Waals surface area contributed by atoms with E-state index in [-0.39, 0.29) is 7.92 Å². The highest BCUT2D eigenvalue weighted by Crippen LogP contribution is 2.65. The van der Waals surface area contributed by atoms with Gasteiger partial charge in [0.15, 0.2) is 0 Å². The molecule has 3 aliphatic rings. The van der Waals surface area contributed by atoms with Crippen molar-refractivity contribution in [3.63, 3.8) is 0 Å². The summed E-state index contributed by atoms with van der Waals surface area (Å²) >= 11 is 0. The van der Waals surface area contributed by atoms with Gasteiger partial charge in [-0.1, -0.05) is 46.9 Å². The van der Waals surface area contributed by atoms with Gasteiger partial charge in [0.1, 0.15) is 0 Å². The summed E-state index contributed by atoms with van der Waals surface area (Å²) < 4.78 is 0. The number of rotatable bonds is 5. The molecule has 0 heterocycles. The Morgan fingerprint density at radius 2 is 1.30 bits per heavy atom. The maximum absolute atomic E-state index is 2.61. The normalized spacial score (nSPS) is 36.7. The molecule has 2 heteroatoms. The van der Waals surface area contributed by atoms with E-state index in [0.717, 1.165) is 34.9 Å². The Morgan fingerprint density at radius 1 is 0.783 bits per heavy atom. The van der Waals surface area contributed by atoms with Gasteiger partial charge in [0.05, 0.1) is 0 Å². The Balaban J connectivity index is 1.83. The van der Waals surface area contributed by atoms with Crippen LogP contribution in [0.4, 0.5) is 0 Å². The molecule has 0 N–H and O–H groups in total. The number of hydrogen-bond acceptors (Lipinski definition) is 1. The van der Waals surface area contributed by atoms with Crippen molar-refractivity contribution in [2.24, 2.45) is 11.8 Å². The molecule has 0 amide bonds. The molecule has 0 saturated heterocycles. The van der Waals surface area contributed by atoms with Gasteiger partial charge in [-0.2, -0.15) is 0 Å². The minimum atomic E-state index is 0.256. The van der Waals surface area contributed by atoms with E-state index in [1.807, 2.05) is 0 Å². The molecule has 1 nitrogen and oxygen atoms in total. The highest BCUT2D eigenvalue weighted by molar-refractivity contribution is 7.60. The third-order valence-corrected chi connectivity index (χ3v) is 11.8. The second-order valence-electron chi connectivity index (χ2n) is 9.09. The zero-order valence-electron chi connectivity index (χ0n) is 16.1. The lowest BCUT2D eigenvalue weighted by molar-refractivity contribution is 0.228. The van der Waals surface area contributed by atoms with E-state index in [0.29, 0.717) is 0 Å². The van der Waals surface area contributed by atoms with Gasteiger partial charge < -0.3 is 4.90 Å². The summed E-state index contributed by atoms with van der Waals surface area (Å²) in [6.45, 7) is 5.12. The van der Waals surface area contributed by atoms with Crippen LogP contribution in [-0.4, -0.2) is 42.0 Å². The quantitative estimate of drug-likeness (QED) is 0.547. The maximum Gasteiger partial charge on any atom is 0.00952 e. The lowest BCUT2D eigenvalue weighted by Crippen LogP contribution is -2.39. The van der Waals surface area contributed by atoms with Crippen molar-refractivity contribution in [3.8, 4) is 0 Å². The summed E-state index contributed by atoms with van der Waals surface area (Å²) in [6, 6.07) is 0.778. The summed E-state index contributed by atoms with van der Waals surface area (Å²) in [4.78, 5) is 2.51. The lowest BCUT2D eigenvalue weighted by Gasteiger charge is -2.45. The van der Waals surface area contributed by atoms with E-state index in [2.05, 4.69) is 32.8 Å². The lowest BCUT2D eigenvalue weighted by atomic mass is 9.97. The molecule has 0 spiro atoms. The average Bonchev–Trinajstić information content (AvgIpc) is 3.19. The maximum atomic E-state index is 2.61. The minimum Gasteiger partial charge on any atom is -0.306 e. The summed E-state index contributed by atoms with van der Waals surface area (Å²) in [5, 5.41) is 0. The van der Waals surface area contributed by atoms with Crippen LogP contribution < -0.4 is 0 Å². The second-order valence-corrected chi connectivity index (χ2v) is 12.0. The first-order valence-electron chi connectivity index (χ1n) is 10.5. The van der Waals surface area contributed by atoms with Gasteiger partial charge >= 0.3 is 0 Å². The Labute approximate surface area is 146 Å². The molecular weight excluding hydrogens is 297 g/mol. The first kappa shape index (κ1) is 18.2. The monoisotopic (exact) mass is 337 g/mol. The fourth-order valence-electron chi connectivity index (χ4n) is 6.01. The summed E-state index contributed by atoms with van der Waals surface area (Å²) in [5.74, 6) is 1.98. The third kappa shape index (κ3) is 3.98. The molecule has 0 aromatic heterocycles. The van der Waals surface area contributed by atoms with Crippen molar-refractivity contribution in [3.05, 3.63) is 0 Å². The van der Waals surface area contributed by atoms with Crippen LogP contribution in [0.2, 0.25) is 0 Å². The molecule has 23 heavy (non-hydrogen) atoms. The SMILES string of the molecule is CC1CCC(C(C)N(C)C)C1[P@](C1CCCCC1)C1CCCC1. The van der Waals surface area contributed by atoms with Gasteiger partial charge in [-0.25, -0.2) is 0 Å². The number of hydrogen-bond donors (Lipinski definition) is 0. The molecular formula is C21H40NP.